The van der Waals surface area contributed by atoms with Crippen LogP contribution in [0.2, 0.25) is 0 Å². The summed E-state index contributed by atoms with van der Waals surface area (Å²) in [6, 6.07) is 7.38. The topological polar surface area (TPSA) is 97.5 Å². The molecule has 18 heavy (non-hydrogen) atoms. The van der Waals surface area contributed by atoms with Crippen LogP contribution in [0.3, 0.4) is 0 Å². The number of hydrogen-bond acceptors (Lipinski definition) is 5. The molecule has 0 aliphatic heterocycles. The van der Waals surface area contributed by atoms with E-state index in [-0.39, 0.29) is 16.3 Å². The molecule has 0 aliphatic carbocycles. The molecule has 0 unspecified atom stereocenters. The van der Waals surface area contributed by atoms with Crippen molar-refractivity contribution in [1.82, 2.24) is 5.16 Å². The van der Waals surface area contributed by atoms with Gasteiger partial charge < -0.3 is 9.63 Å². The van der Waals surface area contributed by atoms with Gasteiger partial charge in [-0.3, -0.25) is 0 Å². The van der Waals surface area contributed by atoms with Crippen LogP contribution in [-0.4, -0.2) is 30.9 Å². The maximum atomic E-state index is 11.6. The van der Waals surface area contributed by atoms with E-state index < -0.39 is 15.8 Å². The van der Waals surface area contributed by atoms with E-state index in [1.165, 1.54) is 12.1 Å². The minimum absolute atomic E-state index is 0.0789. The summed E-state index contributed by atoms with van der Waals surface area (Å²) in [7, 11) is -3.42. The second-order valence-electron chi connectivity index (χ2n) is 3.65. The zero-order chi connectivity index (χ0) is 13.3. The Bertz CT molecular complexity index is 702. The molecule has 0 radical (unpaired) electrons. The van der Waals surface area contributed by atoms with E-state index >= 15 is 0 Å². The van der Waals surface area contributed by atoms with Crippen molar-refractivity contribution in [1.29, 1.82) is 0 Å². The highest BCUT2D eigenvalue weighted by Gasteiger charge is 2.18. The number of carbonyl (C=O) groups is 1. The Morgan fingerprint density at radius 2 is 2.00 bits per heavy atom. The molecule has 2 aromatic rings. The van der Waals surface area contributed by atoms with Gasteiger partial charge in [0.1, 0.15) is 5.69 Å². The standard InChI is InChI=1S/C11H9NO5S/c1-18(15,16)10-5-3-2-4-7(10)8-6-9(11(13)14)17-12-8/h2-6H,1H3,(H,13,14). The van der Waals surface area contributed by atoms with Crippen molar-refractivity contribution in [2.45, 2.75) is 4.90 Å². The minimum Gasteiger partial charge on any atom is -0.475 e. The first-order chi connectivity index (χ1) is 8.39. The van der Waals surface area contributed by atoms with E-state index in [4.69, 9.17) is 5.11 Å². The van der Waals surface area contributed by atoms with Gasteiger partial charge in [0.25, 0.3) is 0 Å². The molecule has 0 atom stereocenters. The van der Waals surface area contributed by atoms with Gasteiger partial charge in [0.05, 0.1) is 4.90 Å². The van der Waals surface area contributed by atoms with Crippen molar-refractivity contribution in [2.75, 3.05) is 6.26 Å². The number of nitrogens with zero attached hydrogens (tertiary/aromatic N) is 1. The number of hydrogen-bond donors (Lipinski definition) is 1. The first-order valence-corrected chi connectivity index (χ1v) is 6.78. The van der Waals surface area contributed by atoms with E-state index in [1.807, 2.05) is 0 Å². The number of carboxylic acids is 1. The van der Waals surface area contributed by atoms with Crippen LogP contribution in [0.25, 0.3) is 11.3 Å². The molecule has 0 aliphatic rings. The van der Waals surface area contributed by atoms with E-state index in [1.54, 1.807) is 18.2 Å². The first-order valence-electron chi connectivity index (χ1n) is 4.89. The molecule has 7 heteroatoms. The lowest BCUT2D eigenvalue weighted by Crippen LogP contribution is -1.99. The van der Waals surface area contributed by atoms with E-state index in [0.29, 0.717) is 5.56 Å². The molecule has 6 nitrogen and oxygen atoms in total. The first kappa shape index (κ1) is 12.3. The molecule has 0 saturated heterocycles. The fourth-order valence-electron chi connectivity index (χ4n) is 1.50. The average Bonchev–Trinajstić information content (AvgIpc) is 2.77. The lowest BCUT2D eigenvalue weighted by molar-refractivity contribution is 0.0652. The Morgan fingerprint density at radius 3 is 2.56 bits per heavy atom. The summed E-state index contributed by atoms with van der Waals surface area (Å²) >= 11 is 0. The molecule has 0 amide bonds. The van der Waals surface area contributed by atoms with Crippen molar-refractivity contribution in [3.63, 3.8) is 0 Å². The summed E-state index contributed by atoms with van der Waals surface area (Å²) in [5.74, 6) is -1.60. The van der Waals surface area contributed by atoms with Crippen LogP contribution in [0.5, 0.6) is 0 Å². The number of sulfone groups is 1. The third-order valence-corrected chi connectivity index (χ3v) is 3.44. The van der Waals surface area contributed by atoms with Crippen LogP contribution in [0.1, 0.15) is 10.6 Å². The summed E-state index contributed by atoms with van der Waals surface area (Å²) in [5, 5.41) is 12.3. The second kappa shape index (κ2) is 4.26. The number of benzene rings is 1. The van der Waals surface area contributed by atoms with Crippen LogP contribution >= 0.6 is 0 Å². The van der Waals surface area contributed by atoms with E-state index in [2.05, 4.69) is 9.68 Å². The molecule has 94 valence electrons. The highest BCUT2D eigenvalue weighted by molar-refractivity contribution is 7.90. The number of aromatic nitrogens is 1. The van der Waals surface area contributed by atoms with Gasteiger partial charge >= 0.3 is 5.97 Å². The Morgan fingerprint density at radius 1 is 1.33 bits per heavy atom. The second-order valence-corrected chi connectivity index (χ2v) is 5.63. The van der Waals surface area contributed by atoms with Gasteiger partial charge in [-0.2, -0.15) is 0 Å². The molecular formula is C11H9NO5S. The average molecular weight is 267 g/mol. The molecule has 1 aromatic heterocycles. The van der Waals surface area contributed by atoms with E-state index in [9.17, 15) is 13.2 Å². The molecule has 1 N–H and O–H groups in total. The predicted molar refractivity (Wildman–Crippen MR) is 62.0 cm³/mol. The van der Waals surface area contributed by atoms with Crippen LogP contribution < -0.4 is 0 Å². The summed E-state index contributed by atoms with van der Waals surface area (Å²) in [4.78, 5) is 10.8. The highest BCUT2D eigenvalue weighted by atomic mass is 32.2. The smallest absolute Gasteiger partial charge is 0.374 e. The normalized spacial score (nSPS) is 11.4. The fraction of sp³-hybridized carbons (Fsp3) is 0.0909. The highest BCUT2D eigenvalue weighted by Crippen LogP contribution is 2.26. The van der Waals surface area contributed by atoms with Crippen LogP contribution in [0.15, 0.2) is 39.8 Å². The van der Waals surface area contributed by atoms with Crippen molar-refractivity contribution in [3.05, 3.63) is 36.1 Å². The summed E-state index contributed by atoms with van der Waals surface area (Å²) in [5.41, 5.74) is 0.490. The quantitative estimate of drug-likeness (QED) is 0.903. The third kappa shape index (κ3) is 2.25. The van der Waals surface area contributed by atoms with Gasteiger partial charge in [-0.05, 0) is 6.07 Å². The molecule has 0 spiro atoms. The van der Waals surface area contributed by atoms with Crippen molar-refractivity contribution >= 4 is 15.8 Å². The van der Waals surface area contributed by atoms with Gasteiger partial charge in [0.2, 0.25) is 5.76 Å². The predicted octanol–water partition coefficient (Wildman–Crippen LogP) is 1.44. The minimum atomic E-state index is -3.42. The lowest BCUT2D eigenvalue weighted by Gasteiger charge is -2.03. The molecular weight excluding hydrogens is 258 g/mol. The van der Waals surface area contributed by atoms with Gasteiger partial charge in [-0.15, -0.1) is 0 Å². The Balaban J connectivity index is 2.61. The van der Waals surface area contributed by atoms with Crippen LogP contribution in [0, 0.1) is 0 Å². The van der Waals surface area contributed by atoms with Crippen LogP contribution in [0.4, 0.5) is 0 Å². The molecule has 0 fully saturated rings. The van der Waals surface area contributed by atoms with Gasteiger partial charge in [-0.25, -0.2) is 13.2 Å². The van der Waals surface area contributed by atoms with E-state index in [0.717, 1.165) is 6.26 Å². The Kier molecular flexibility index (Phi) is 2.92. The van der Waals surface area contributed by atoms with Crippen molar-refractivity contribution in [3.8, 4) is 11.3 Å². The van der Waals surface area contributed by atoms with Crippen LogP contribution in [-0.2, 0) is 9.84 Å². The summed E-state index contributed by atoms with van der Waals surface area (Å²) < 4.78 is 27.8. The SMILES string of the molecule is CS(=O)(=O)c1ccccc1-c1cc(C(=O)O)on1. The fourth-order valence-corrected chi connectivity index (χ4v) is 2.40. The van der Waals surface area contributed by atoms with Gasteiger partial charge in [0, 0.05) is 17.9 Å². The third-order valence-electron chi connectivity index (χ3n) is 2.28. The van der Waals surface area contributed by atoms with Crippen molar-refractivity contribution in [2.24, 2.45) is 0 Å². The molecule has 1 aromatic carbocycles. The maximum absolute atomic E-state index is 11.6. The molecule has 2 rings (SSSR count). The molecule has 0 saturated carbocycles. The number of rotatable bonds is 3. The zero-order valence-electron chi connectivity index (χ0n) is 9.32. The molecule has 0 bridgehead atoms. The number of carboxylic acid groups (broad SMARTS) is 1. The number of aromatic carboxylic acids is 1. The van der Waals surface area contributed by atoms with Gasteiger partial charge in [-0.1, -0.05) is 23.4 Å². The Labute approximate surface area is 103 Å². The Hall–Kier alpha value is -2.15. The van der Waals surface area contributed by atoms with Gasteiger partial charge in [0.15, 0.2) is 9.84 Å². The van der Waals surface area contributed by atoms with Crippen molar-refractivity contribution < 1.29 is 22.8 Å². The lowest BCUT2D eigenvalue weighted by atomic mass is 10.1. The largest absolute Gasteiger partial charge is 0.475 e. The maximum Gasteiger partial charge on any atom is 0.374 e. The summed E-state index contributed by atoms with van der Waals surface area (Å²) in [6.45, 7) is 0. The molecule has 1 heterocycles. The summed E-state index contributed by atoms with van der Waals surface area (Å²) in [6.07, 6.45) is 1.07. The zero-order valence-corrected chi connectivity index (χ0v) is 10.1. The monoisotopic (exact) mass is 267 g/mol.